The van der Waals surface area contributed by atoms with Crippen LogP contribution in [0.3, 0.4) is 0 Å². The number of aromatic nitrogens is 2. The minimum atomic E-state index is -0.0294. The lowest BCUT2D eigenvalue weighted by molar-refractivity contribution is -0.127. The molecule has 126 valence electrons. The number of nitrogens with one attached hydrogen (secondary N) is 2. The number of rotatable bonds is 4. The van der Waals surface area contributed by atoms with E-state index in [1.807, 2.05) is 23.8 Å². The van der Waals surface area contributed by atoms with Crippen molar-refractivity contribution in [2.45, 2.75) is 26.2 Å². The Balaban J connectivity index is 1.74. The number of amides is 1. The predicted octanol–water partition coefficient (Wildman–Crippen LogP) is -0.237. The number of carbonyl (C=O) groups is 1. The van der Waals surface area contributed by atoms with Crippen molar-refractivity contribution in [1.29, 1.82) is 0 Å². The first-order valence-corrected chi connectivity index (χ1v) is 8.40. The molecule has 1 aromatic rings. The first-order chi connectivity index (χ1) is 11.1. The Kier molecular flexibility index (Phi) is 4.66. The first-order valence-electron chi connectivity index (χ1n) is 8.40. The second-order valence-corrected chi connectivity index (χ2v) is 6.45. The van der Waals surface area contributed by atoms with Gasteiger partial charge in [0, 0.05) is 57.5 Å². The molecular formula is C16H25N5O2. The smallest absolute Gasteiger partial charge is 0.255 e. The van der Waals surface area contributed by atoms with Gasteiger partial charge in [-0.15, -0.1) is 0 Å². The maximum absolute atomic E-state index is 12.3. The van der Waals surface area contributed by atoms with Gasteiger partial charge in [-0.2, -0.15) is 0 Å². The van der Waals surface area contributed by atoms with Gasteiger partial charge < -0.3 is 15.1 Å². The van der Waals surface area contributed by atoms with E-state index >= 15 is 0 Å². The lowest BCUT2D eigenvalue weighted by atomic mass is 10.1. The van der Waals surface area contributed by atoms with Crippen molar-refractivity contribution in [1.82, 2.24) is 20.2 Å². The van der Waals surface area contributed by atoms with Gasteiger partial charge in [-0.05, 0) is 19.9 Å². The van der Waals surface area contributed by atoms with E-state index in [2.05, 4.69) is 15.3 Å². The molecule has 2 N–H and O–H groups in total. The molecule has 0 radical (unpaired) electrons. The maximum atomic E-state index is 12.3. The minimum absolute atomic E-state index is 0.0294. The van der Waals surface area contributed by atoms with Crippen molar-refractivity contribution in [2.75, 3.05) is 44.7 Å². The predicted molar refractivity (Wildman–Crippen MR) is 88.8 cm³/mol. The fourth-order valence-electron chi connectivity index (χ4n) is 3.48. The number of carbonyl (C=O) groups excluding carboxylic acids is 1. The second kappa shape index (κ2) is 6.70. The molecule has 1 saturated heterocycles. The topological polar surface area (TPSA) is 81.3 Å². The van der Waals surface area contributed by atoms with Crippen LogP contribution in [-0.2, 0) is 17.6 Å². The second-order valence-electron chi connectivity index (χ2n) is 6.45. The SMILES string of the molecule is CCN1C[C@@H](CN(C)c2nc3c(c(=O)[nH]2)CCNCC3)CC1=O. The highest BCUT2D eigenvalue weighted by molar-refractivity contribution is 5.78. The molecule has 23 heavy (non-hydrogen) atoms. The normalized spacial score (nSPS) is 21.2. The van der Waals surface area contributed by atoms with Crippen LogP contribution in [0.2, 0.25) is 0 Å². The summed E-state index contributed by atoms with van der Waals surface area (Å²) in [5.41, 5.74) is 1.68. The average molecular weight is 319 g/mol. The quantitative estimate of drug-likeness (QED) is 0.801. The third-order valence-electron chi connectivity index (χ3n) is 4.75. The van der Waals surface area contributed by atoms with E-state index in [-0.39, 0.29) is 11.5 Å². The van der Waals surface area contributed by atoms with Gasteiger partial charge in [0.2, 0.25) is 11.9 Å². The molecule has 0 bridgehead atoms. The Bertz CT molecular complexity index is 642. The Morgan fingerprint density at radius 3 is 2.83 bits per heavy atom. The van der Waals surface area contributed by atoms with Crippen molar-refractivity contribution in [3.05, 3.63) is 21.6 Å². The van der Waals surface area contributed by atoms with E-state index < -0.39 is 0 Å². The molecule has 1 fully saturated rings. The Morgan fingerprint density at radius 2 is 2.09 bits per heavy atom. The zero-order valence-electron chi connectivity index (χ0n) is 13.9. The zero-order valence-corrected chi connectivity index (χ0v) is 13.9. The van der Waals surface area contributed by atoms with E-state index in [0.29, 0.717) is 18.3 Å². The molecule has 7 nitrogen and oxygen atoms in total. The molecule has 1 atom stereocenters. The van der Waals surface area contributed by atoms with Crippen LogP contribution in [0.4, 0.5) is 5.95 Å². The molecule has 1 aromatic heterocycles. The summed E-state index contributed by atoms with van der Waals surface area (Å²) in [5.74, 6) is 1.12. The van der Waals surface area contributed by atoms with Crippen molar-refractivity contribution in [3.63, 3.8) is 0 Å². The molecule has 0 aliphatic carbocycles. The van der Waals surface area contributed by atoms with Gasteiger partial charge in [-0.1, -0.05) is 0 Å². The van der Waals surface area contributed by atoms with Crippen molar-refractivity contribution in [3.8, 4) is 0 Å². The fourth-order valence-corrected chi connectivity index (χ4v) is 3.48. The molecule has 2 aliphatic rings. The van der Waals surface area contributed by atoms with E-state index in [1.165, 1.54) is 0 Å². The van der Waals surface area contributed by atoms with Gasteiger partial charge in [0.1, 0.15) is 0 Å². The van der Waals surface area contributed by atoms with Gasteiger partial charge in [0.25, 0.3) is 5.56 Å². The largest absolute Gasteiger partial charge is 0.345 e. The van der Waals surface area contributed by atoms with Gasteiger partial charge in [0.05, 0.1) is 5.69 Å². The van der Waals surface area contributed by atoms with Crippen LogP contribution in [-0.4, -0.2) is 60.5 Å². The summed E-state index contributed by atoms with van der Waals surface area (Å²) in [4.78, 5) is 35.6. The summed E-state index contributed by atoms with van der Waals surface area (Å²) < 4.78 is 0. The molecule has 0 saturated carbocycles. The summed E-state index contributed by atoms with van der Waals surface area (Å²) >= 11 is 0. The molecule has 3 heterocycles. The first kappa shape index (κ1) is 16.0. The molecule has 0 unspecified atom stereocenters. The van der Waals surface area contributed by atoms with E-state index in [1.54, 1.807) is 0 Å². The number of likely N-dealkylation sites (tertiary alicyclic amines) is 1. The van der Waals surface area contributed by atoms with Crippen LogP contribution >= 0.6 is 0 Å². The summed E-state index contributed by atoms with van der Waals surface area (Å²) in [6.07, 6.45) is 2.09. The lowest BCUT2D eigenvalue weighted by Crippen LogP contribution is -2.32. The van der Waals surface area contributed by atoms with Crippen LogP contribution in [0.15, 0.2) is 4.79 Å². The highest BCUT2D eigenvalue weighted by Gasteiger charge is 2.29. The number of nitrogens with zero attached hydrogens (tertiary/aromatic N) is 3. The van der Waals surface area contributed by atoms with Crippen molar-refractivity contribution < 1.29 is 4.79 Å². The molecule has 3 rings (SSSR count). The molecule has 1 amide bonds. The molecule has 0 aromatic carbocycles. The fraction of sp³-hybridized carbons (Fsp3) is 0.688. The Morgan fingerprint density at radius 1 is 1.30 bits per heavy atom. The molecule has 7 heteroatoms. The van der Waals surface area contributed by atoms with E-state index in [9.17, 15) is 9.59 Å². The summed E-state index contributed by atoms with van der Waals surface area (Å²) in [5, 5.41) is 3.30. The Labute approximate surface area is 136 Å². The maximum Gasteiger partial charge on any atom is 0.255 e. The summed E-state index contributed by atoms with van der Waals surface area (Å²) in [6, 6.07) is 0. The van der Waals surface area contributed by atoms with Gasteiger partial charge in [0.15, 0.2) is 0 Å². The molecule has 2 aliphatic heterocycles. The summed E-state index contributed by atoms with van der Waals surface area (Å²) in [7, 11) is 1.93. The van der Waals surface area contributed by atoms with Gasteiger partial charge in [-0.3, -0.25) is 14.6 Å². The highest BCUT2D eigenvalue weighted by Crippen LogP contribution is 2.20. The van der Waals surface area contributed by atoms with Gasteiger partial charge in [-0.25, -0.2) is 4.98 Å². The number of fused-ring (bicyclic) bond motifs is 1. The third kappa shape index (κ3) is 3.39. The Hall–Kier alpha value is -1.89. The van der Waals surface area contributed by atoms with Crippen LogP contribution in [0.1, 0.15) is 24.6 Å². The standard InChI is InChI=1S/C16H25N5O2/c1-3-21-10-11(8-14(21)22)9-20(2)16-18-13-5-7-17-6-4-12(13)15(23)19-16/h11,17H,3-10H2,1-2H3,(H,18,19,23)/t11-/m1/s1. The van der Waals surface area contributed by atoms with Crippen LogP contribution in [0, 0.1) is 5.92 Å². The van der Waals surface area contributed by atoms with E-state index in [4.69, 9.17) is 0 Å². The monoisotopic (exact) mass is 319 g/mol. The van der Waals surface area contributed by atoms with Crippen LogP contribution in [0.5, 0.6) is 0 Å². The number of hydrogen-bond donors (Lipinski definition) is 2. The number of anilines is 1. The average Bonchev–Trinajstić information content (AvgIpc) is 2.73. The number of hydrogen-bond acceptors (Lipinski definition) is 5. The third-order valence-corrected chi connectivity index (χ3v) is 4.75. The zero-order chi connectivity index (χ0) is 16.4. The molecular weight excluding hydrogens is 294 g/mol. The van der Waals surface area contributed by atoms with Crippen LogP contribution in [0.25, 0.3) is 0 Å². The minimum Gasteiger partial charge on any atom is -0.345 e. The highest BCUT2D eigenvalue weighted by atomic mass is 16.2. The number of H-pyrrole nitrogens is 1. The summed E-state index contributed by atoms with van der Waals surface area (Å²) in [6.45, 7) is 5.96. The molecule has 0 spiro atoms. The van der Waals surface area contributed by atoms with Crippen molar-refractivity contribution >= 4 is 11.9 Å². The van der Waals surface area contributed by atoms with Crippen molar-refractivity contribution in [2.24, 2.45) is 5.92 Å². The van der Waals surface area contributed by atoms with E-state index in [0.717, 1.165) is 56.8 Å². The van der Waals surface area contributed by atoms with Crippen LogP contribution < -0.4 is 15.8 Å². The van der Waals surface area contributed by atoms with Gasteiger partial charge >= 0.3 is 0 Å². The number of aromatic amines is 1. The lowest BCUT2D eigenvalue weighted by Gasteiger charge is -2.22.